The first-order valence-electron chi connectivity index (χ1n) is 10.4. The molecule has 1 aromatic rings. The van der Waals surface area contributed by atoms with Gasteiger partial charge in [-0.05, 0) is 37.3 Å². The number of nitrogens with zero attached hydrogens (tertiary/aromatic N) is 4. The van der Waals surface area contributed by atoms with Crippen LogP contribution in [0.1, 0.15) is 32.3 Å². The summed E-state index contributed by atoms with van der Waals surface area (Å²) in [5.41, 5.74) is 4.58. The van der Waals surface area contributed by atoms with Gasteiger partial charge in [-0.3, -0.25) is 4.84 Å². The lowest BCUT2D eigenvalue weighted by atomic mass is 10.1. The second-order valence-electron chi connectivity index (χ2n) is 7.62. The predicted octanol–water partition coefficient (Wildman–Crippen LogP) is 3.87. The fourth-order valence-electron chi connectivity index (χ4n) is 4.06. The van der Waals surface area contributed by atoms with E-state index in [0.29, 0.717) is 13.3 Å². The summed E-state index contributed by atoms with van der Waals surface area (Å²) in [6.07, 6.45) is 6.99. The van der Waals surface area contributed by atoms with E-state index in [1.807, 2.05) is 17.5 Å². The monoisotopic (exact) mass is 394 g/mol. The lowest BCUT2D eigenvalue weighted by Crippen LogP contribution is -2.42. The second-order valence-corrected chi connectivity index (χ2v) is 7.62. The van der Waals surface area contributed by atoms with Gasteiger partial charge in [-0.2, -0.15) is 0 Å². The number of aliphatic imine (C=N–C) groups is 1. The molecule has 0 amide bonds. The number of hydroxylamine groups is 2. The SMILES string of the molecule is CCCN1CC(C)=C(OCCCc2ccccc2)C2=C1N1CN(OC)C=C1C=N2. The fraction of sp³-hybridized carbons (Fsp3) is 0.435. The number of hydrogen-bond acceptors (Lipinski definition) is 6. The van der Waals surface area contributed by atoms with Crippen LogP contribution in [-0.4, -0.2) is 54.6 Å². The van der Waals surface area contributed by atoms with Gasteiger partial charge in [0, 0.05) is 13.1 Å². The van der Waals surface area contributed by atoms with Gasteiger partial charge in [0.1, 0.15) is 23.9 Å². The molecule has 0 unspecified atom stereocenters. The standard InChI is InChI=1S/C23H30N4O2/c1-4-12-25-15-18(2)22(29-13-8-11-19-9-6-5-7-10-19)21-23(25)27-17-26(28-3)16-20(27)14-24-21/h5-7,9-10,14,16H,4,8,11-13,15,17H2,1-3H3. The Morgan fingerprint density at radius 1 is 1.17 bits per heavy atom. The van der Waals surface area contributed by atoms with E-state index in [9.17, 15) is 0 Å². The van der Waals surface area contributed by atoms with E-state index in [-0.39, 0.29) is 0 Å². The Kier molecular flexibility index (Phi) is 5.90. The van der Waals surface area contributed by atoms with Gasteiger partial charge >= 0.3 is 0 Å². The van der Waals surface area contributed by atoms with Crippen molar-refractivity contribution in [3.05, 3.63) is 70.6 Å². The lowest BCUT2D eigenvalue weighted by molar-refractivity contribution is -0.0972. The molecule has 1 aromatic carbocycles. The molecule has 6 nitrogen and oxygen atoms in total. The van der Waals surface area contributed by atoms with E-state index in [4.69, 9.17) is 14.6 Å². The number of aryl methyl sites for hydroxylation is 1. The van der Waals surface area contributed by atoms with Gasteiger partial charge in [0.2, 0.25) is 0 Å². The number of benzene rings is 1. The van der Waals surface area contributed by atoms with E-state index in [0.717, 1.165) is 55.3 Å². The summed E-state index contributed by atoms with van der Waals surface area (Å²) in [5.74, 6) is 2.07. The van der Waals surface area contributed by atoms with Crippen molar-refractivity contribution in [1.29, 1.82) is 0 Å². The highest BCUT2D eigenvalue weighted by Gasteiger charge is 2.36. The van der Waals surface area contributed by atoms with Gasteiger partial charge in [-0.15, -0.1) is 0 Å². The topological polar surface area (TPSA) is 40.5 Å². The maximum Gasteiger partial charge on any atom is 0.149 e. The molecule has 0 aliphatic carbocycles. The van der Waals surface area contributed by atoms with Gasteiger partial charge in [0.15, 0.2) is 0 Å². The van der Waals surface area contributed by atoms with Crippen molar-refractivity contribution in [2.75, 3.05) is 33.5 Å². The molecule has 0 atom stereocenters. The number of hydrogen-bond donors (Lipinski definition) is 0. The fourth-order valence-corrected chi connectivity index (χ4v) is 4.06. The maximum absolute atomic E-state index is 6.30. The third-order valence-corrected chi connectivity index (χ3v) is 5.42. The van der Waals surface area contributed by atoms with Crippen LogP contribution in [0.2, 0.25) is 0 Å². The zero-order valence-electron chi connectivity index (χ0n) is 17.6. The van der Waals surface area contributed by atoms with E-state index < -0.39 is 0 Å². The first-order valence-corrected chi connectivity index (χ1v) is 10.4. The van der Waals surface area contributed by atoms with Crippen molar-refractivity contribution in [2.45, 2.75) is 33.1 Å². The molecule has 29 heavy (non-hydrogen) atoms. The van der Waals surface area contributed by atoms with Crippen molar-refractivity contribution in [3.8, 4) is 0 Å². The molecule has 0 saturated heterocycles. The highest BCUT2D eigenvalue weighted by Crippen LogP contribution is 2.37. The zero-order chi connectivity index (χ0) is 20.2. The molecule has 3 aliphatic rings. The zero-order valence-corrected chi connectivity index (χ0v) is 17.6. The van der Waals surface area contributed by atoms with Crippen LogP contribution >= 0.6 is 0 Å². The molecule has 0 saturated carbocycles. The molecule has 6 heteroatoms. The van der Waals surface area contributed by atoms with Gasteiger partial charge in [0.25, 0.3) is 0 Å². The normalized spacial score (nSPS) is 18.3. The Morgan fingerprint density at radius 2 is 2.00 bits per heavy atom. The molecule has 0 aromatic heterocycles. The minimum Gasteiger partial charge on any atom is -0.491 e. The van der Waals surface area contributed by atoms with E-state index in [1.54, 1.807) is 7.11 Å². The summed E-state index contributed by atoms with van der Waals surface area (Å²) >= 11 is 0. The minimum atomic E-state index is 0.664. The van der Waals surface area contributed by atoms with Crippen LogP contribution in [0, 0.1) is 0 Å². The number of ether oxygens (including phenoxy) is 1. The van der Waals surface area contributed by atoms with Gasteiger partial charge in [-0.25, -0.2) is 10.1 Å². The molecule has 0 radical (unpaired) electrons. The summed E-state index contributed by atoms with van der Waals surface area (Å²) in [5, 5.41) is 1.83. The molecule has 3 heterocycles. The largest absolute Gasteiger partial charge is 0.491 e. The predicted molar refractivity (Wildman–Crippen MR) is 114 cm³/mol. The van der Waals surface area contributed by atoms with E-state index >= 15 is 0 Å². The van der Waals surface area contributed by atoms with Crippen molar-refractivity contribution in [3.63, 3.8) is 0 Å². The Bertz CT molecular complexity index is 857. The van der Waals surface area contributed by atoms with Gasteiger partial charge in [-0.1, -0.05) is 37.3 Å². The smallest absolute Gasteiger partial charge is 0.149 e. The maximum atomic E-state index is 6.30. The average Bonchev–Trinajstić information content (AvgIpc) is 3.17. The van der Waals surface area contributed by atoms with Crippen molar-refractivity contribution >= 4 is 6.21 Å². The Balaban J connectivity index is 1.51. The average molecular weight is 395 g/mol. The van der Waals surface area contributed by atoms with Crippen LogP contribution in [0.4, 0.5) is 0 Å². The third kappa shape index (κ3) is 4.03. The number of allylic oxidation sites excluding steroid dienone is 1. The van der Waals surface area contributed by atoms with Crippen molar-refractivity contribution < 1.29 is 9.57 Å². The molecule has 0 N–H and O–H groups in total. The molecule has 154 valence electrons. The van der Waals surface area contributed by atoms with Crippen molar-refractivity contribution in [1.82, 2.24) is 14.9 Å². The van der Waals surface area contributed by atoms with Crippen LogP contribution in [0.3, 0.4) is 0 Å². The summed E-state index contributed by atoms with van der Waals surface area (Å²) in [7, 11) is 1.69. The van der Waals surface area contributed by atoms with Crippen LogP contribution in [0.5, 0.6) is 0 Å². The minimum absolute atomic E-state index is 0.664. The quantitative estimate of drug-likeness (QED) is 0.626. The molecule has 0 spiro atoms. The molecular weight excluding hydrogens is 364 g/mol. The van der Waals surface area contributed by atoms with Crippen LogP contribution in [0.25, 0.3) is 0 Å². The molecule has 0 fully saturated rings. The third-order valence-electron chi connectivity index (χ3n) is 5.42. The van der Waals surface area contributed by atoms with E-state index in [1.165, 1.54) is 11.1 Å². The van der Waals surface area contributed by atoms with Crippen LogP contribution in [-0.2, 0) is 16.0 Å². The second kappa shape index (κ2) is 8.74. The molecular formula is C23H30N4O2. The van der Waals surface area contributed by atoms with Crippen LogP contribution in [0.15, 0.2) is 70.1 Å². The first-order chi connectivity index (χ1) is 14.2. The molecule has 3 aliphatic heterocycles. The number of fused-ring (bicyclic) bond motifs is 2. The lowest BCUT2D eigenvalue weighted by Gasteiger charge is -2.40. The van der Waals surface area contributed by atoms with Crippen LogP contribution < -0.4 is 0 Å². The first kappa shape index (κ1) is 19.6. The highest BCUT2D eigenvalue weighted by molar-refractivity contribution is 5.82. The summed E-state index contributed by atoms with van der Waals surface area (Å²) < 4.78 is 6.30. The van der Waals surface area contributed by atoms with Gasteiger partial charge < -0.3 is 14.5 Å². The van der Waals surface area contributed by atoms with E-state index in [2.05, 4.69) is 54.0 Å². The van der Waals surface area contributed by atoms with Crippen molar-refractivity contribution in [2.24, 2.45) is 4.99 Å². The van der Waals surface area contributed by atoms with Gasteiger partial charge in [0.05, 0.1) is 31.8 Å². The molecule has 0 bridgehead atoms. The Morgan fingerprint density at radius 3 is 2.76 bits per heavy atom. The number of rotatable bonds is 8. The summed E-state index contributed by atoms with van der Waals surface area (Å²) in [4.78, 5) is 14.9. The highest BCUT2D eigenvalue weighted by atomic mass is 16.7. The Hall–Kier alpha value is -2.73. The Labute approximate surface area is 173 Å². The summed E-state index contributed by atoms with van der Waals surface area (Å²) in [6, 6.07) is 10.6. The molecule has 4 rings (SSSR count). The summed E-state index contributed by atoms with van der Waals surface area (Å²) in [6.45, 7) is 7.58.